The third-order valence-corrected chi connectivity index (χ3v) is 3.35. The van der Waals surface area contributed by atoms with E-state index in [4.69, 9.17) is 5.73 Å². The van der Waals surface area contributed by atoms with Crippen LogP contribution in [0.5, 0.6) is 0 Å². The van der Waals surface area contributed by atoms with Crippen molar-refractivity contribution < 1.29 is 17.6 Å². The van der Waals surface area contributed by atoms with Crippen molar-refractivity contribution in [2.24, 2.45) is 5.73 Å². The first-order valence-electron chi connectivity index (χ1n) is 6.43. The molecule has 0 radical (unpaired) electrons. The van der Waals surface area contributed by atoms with E-state index in [0.717, 1.165) is 12.1 Å². The van der Waals surface area contributed by atoms with E-state index in [1.165, 1.54) is 18.2 Å². The number of halogens is 4. The Hall–Kier alpha value is -1.88. The summed E-state index contributed by atoms with van der Waals surface area (Å²) in [6.45, 7) is 3.32. The Morgan fingerprint density at radius 2 is 1.67 bits per heavy atom. The van der Waals surface area contributed by atoms with Gasteiger partial charge in [0, 0.05) is 6.04 Å². The van der Waals surface area contributed by atoms with Gasteiger partial charge < -0.3 is 5.73 Å². The molecule has 0 aliphatic carbocycles. The van der Waals surface area contributed by atoms with Gasteiger partial charge in [-0.3, -0.25) is 0 Å². The van der Waals surface area contributed by atoms with Crippen molar-refractivity contribution in [2.75, 3.05) is 0 Å². The van der Waals surface area contributed by atoms with Crippen LogP contribution in [0, 0.1) is 12.7 Å². The lowest BCUT2D eigenvalue weighted by atomic mass is 9.92. The summed E-state index contributed by atoms with van der Waals surface area (Å²) in [6.07, 6.45) is -4.39. The second-order valence-corrected chi connectivity index (χ2v) is 5.05. The minimum absolute atomic E-state index is 0.345. The Morgan fingerprint density at radius 1 is 1.00 bits per heavy atom. The molecular formula is C16H15F4N. The van der Waals surface area contributed by atoms with E-state index in [1.54, 1.807) is 19.9 Å². The molecule has 1 nitrogen and oxygen atoms in total. The number of alkyl halides is 3. The highest BCUT2D eigenvalue weighted by molar-refractivity contribution is 5.71. The summed E-state index contributed by atoms with van der Waals surface area (Å²) in [7, 11) is 0. The molecule has 1 atom stereocenters. The van der Waals surface area contributed by atoms with E-state index in [9.17, 15) is 17.6 Å². The normalized spacial score (nSPS) is 13.3. The van der Waals surface area contributed by atoms with Gasteiger partial charge >= 0.3 is 6.18 Å². The molecule has 0 aliphatic heterocycles. The number of hydrogen-bond donors (Lipinski definition) is 1. The van der Waals surface area contributed by atoms with Crippen molar-refractivity contribution in [1.29, 1.82) is 0 Å². The van der Waals surface area contributed by atoms with Gasteiger partial charge in [-0.25, -0.2) is 4.39 Å². The Bertz CT molecular complexity index is 660. The molecule has 2 rings (SSSR count). The lowest BCUT2D eigenvalue weighted by Crippen LogP contribution is -2.08. The van der Waals surface area contributed by atoms with Gasteiger partial charge in [0.2, 0.25) is 0 Å². The van der Waals surface area contributed by atoms with Crippen LogP contribution in [0.25, 0.3) is 11.1 Å². The maximum atomic E-state index is 13.5. The molecule has 2 N–H and O–H groups in total. The molecule has 0 saturated heterocycles. The van der Waals surface area contributed by atoms with Crippen molar-refractivity contribution in [3.8, 4) is 11.1 Å². The summed E-state index contributed by atoms with van der Waals surface area (Å²) in [5, 5.41) is 0. The van der Waals surface area contributed by atoms with Crippen molar-refractivity contribution in [3.05, 3.63) is 58.9 Å². The number of nitrogens with two attached hydrogens (primary N) is 1. The van der Waals surface area contributed by atoms with Crippen LogP contribution in [0.4, 0.5) is 17.6 Å². The summed E-state index contributed by atoms with van der Waals surface area (Å²) in [5.41, 5.74) is 7.33. The molecule has 21 heavy (non-hydrogen) atoms. The first-order chi connectivity index (χ1) is 9.70. The summed E-state index contributed by atoms with van der Waals surface area (Å²) >= 11 is 0. The smallest absolute Gasteiger partial charge is 0.324 e. The molecule has 2 aromatic carbocycles. The van der Waals surface area contributed by atoms with Gasteiger partial charge in [-0.2, -0.15) is 13.2 Å². The molecule has 0 saturated carbocycles. The minimum Gasteiger partial charge on any atom is -0.324 e. The molecule has 112 valence electrons. The molecule has 1 unspecified atom stereocenters. The van der Waals surface area contributed by atoms with E-state index in [-0.39, 0.29) is 6.04 Å². The van der Waals surface area contributed by atoms with E-state index in [2.05, 4.69) is 0 Å². The van der Waals surface area contributed by atoms with Gasteiger partial charge in [0.15, 0.2) is 0 Å². The van der Waals surface area contributed by atoms with Gasteiger partial charge in [-0.05, 0) is 60.4 Å². The molecule has 0 aromatic heterocycles. The quantitative estimate of drug-likeness (QED) is 0.789. The molecule has 0 bridgehead atoms. The first kappa shape index (κ1) is 15.5. The molecule has 0 aliphatic rings. The zero-order valence-corrected chi connectivity index (χ0v) is 11.6. The number of benzene rings is 2. The lowest BCUT2D eigenvalue weighted by molar-refractivity contribution is -0.137. The predicted molar refractivity (Wildman–Crippen MR) is 74.2 cm³/mol. The van der Waals surface area contributed by atoms with Gasteiger partial charge in [0.25, 0.3) is 0 Å². The predicted octanol–water partition coefficient (Wildman–Crippen LogP) is 4.84. The van der Waals surface area contributed by atoms with E-state index in [0.29, 0.717) is 22.3 Å². The van der Waals surface area contributed by atoms with Crippen LogP contribution < -0.4 is 5.73 Å². The highest BCUT2D eigenvalue weighted by atomic mass is 19.4. The fourth-order valence-corrected chi connectivity index (χ4v) is 2.30. The second-order valence-electron chi connectivity index (χ2n) is 5.05. The Balaban J connectivity index is 2.60. The zero-order valence-electron chi connectivity index (χ0n) is 11.6. The summed E-state index contributed by atoms with van der Waals surface area (Å²) in [5.74, 6) is -0.450. The summed E-state index contributed by atoms with van der Waals surface area (Å²) in [6, 6.07) is 7.23. The maximum absolute atomic E-state index is 13.5. The second kappa shape index (κ2) is 5.48. The molecular weight excluding hydrogens is 282 g/mol. The fourth-order valence-electron chi connectivity index (χ4n) is 2.30. The van der Waals surface area contributed by atoms with Gasteiger partial charge in [-0.15, -0.1) is 0 Å². The lowest BCUT2D eigenvalue weighted by Gasteiger charge is -2.16. The molecule has 5 heteroatoms. The van der Waals surface area contributed by atoms with Crippen LogP contribution in [0.2, 0.25) is 0 Å². The highest BCUT2D eigenvalue weighted by Gasteiger charge is 2.30. The average Bonchev–Trinajstić information content (AvgIpc) is 2.37. The molecule has 0 fully saturated rings. The van der Waals surface area contributed by atoms with Crippen LogP contribution in [0.1, 0.15) is 29.7 Å². The highest BCUT2D eigenvalue weighted by Crippen LogP contribution is 2.35. The molecule has 0 amide bonds. The maximum Gasteiger partial charge on any atom is 0.416 e. The van der Waals surface area contributed by atoms with E-state index in [1.807, 2.05) is 0 Å². The van der Waals surface area contributed by atoms with Crippen molar-refractivity contribution in [1.82, 2.24) is 0 Å². The van der Waals surface area contributed by atoms with Crippen molar-refractivity contribution in [3.63, 3.8) is 0 Å². The SMILES string of the molecule is Cc1cc(C(F)(F)F)ccc1-c1cc(F)ccc1C(C)N. The first-order valence-corrected chi connectivity index (χ1v) is 6.43. The third-order valence-electron chi connectivity index (χ3n) is 3.35. The standard InChI is InChI=1S/C16H15F4N/c1-9-7-11(16(18,19)20)3-5-13(9)15-8-12(17)4-6-14(15)10(2)21/h3-8,10H,21H2,1-2H3. The Kier molecular flexibility index (Phi) is 4.05. The van der Waals surface area contributed by atoms with Gasteiger partial charge in [0.05, 0.1) is 5.56 Å². The number of aryl methyl sites for hydroxylation is 1. The fraction of sp³-hybridized carbons (Fsp3) is 0.250. The number of hydrogen-bond acceptors (Lipinski definition) is 1. The zero-order chi connectivity index (χ0) is 15.8. The van der Waals surface area contributed by atoms with Gasteiger partial charge in [0.1, 0.15) is 5.82 Å². The topological polar surface area (TPSA) is 26.0 Å². The Morgan fingerprint density at radius 3 is 2.19 bits per heavy atom. The van der Waals surface area contributed by atoms with Crippen molar-refractivity contribution in [2.45, 2.75) is 26.1 Å². The van der Waals surface area contributed by atoms with Crippen LogP contribution in [0.15, 0.2) is 36.4 Å². The third kappa shape index (κ3) is 3.24. The number of rotatable bonds is 2. The van der Waals surface area contributed by atoms with Crippen LogP contribution >= 0.6 is 0 Å². The van der Waals surface area contributed by atoms with Crippen LogP contribution in [0.3, 0.4) is 0 Å². The van der Waals surface area contributed by atoms with Crippen LogP contribution in [-0.2, 0) is 6.18 Å². The monoisotopic (exact) mass is 297 g/mol. The minimum atomic E-state index is -4.39. The molecule has 2 aromatic rings. The average molecular weight is 297 g/mol. The molecule has 0 spiro atoms. The largest absolute Gasteiger partial charge is 0.416 e. The molecule has 0 heterocycles. The Labute approximate surface area is 120 Å². The van der Waals surface area contributed by atoms with Crippen LogP contribution in [-0.4, -0.2) is 0 Å². The van der Waals surface area contributed by atoms with Crippen molar-refractivity contribution >= 4 is 0 Å². The van der Waals surface area contributed by atoms with E-state index < -0.39 is 17.6 Å². The van der Waals surface area contributed by atoms with E-state index >= 15 is 0 Å². The summed E-state index contributed by atoms with van der Waals surface area (Å²) in [4.78, 5) is 0. The van der Waals surface area contributed by atoms with Gasteiger partial charge in [-0.1, -0.05) is 12.1 Å². The summed E-state index contributed by atoms with van der Waals surface area (Å²) < 4.78 is 51.6.